The number of nitro benzene ring substituents is 1. The Labute approximate surface area is 133 Å². The lowest BCUT2D eigenvalue weighted by molar-refractivity contribution is -0.384. The lowest BCUT2D eigenvalue weighted by Gasteiger charge is -2.35. The Balaban J connectivity index is 1.88. The second-order valence-electron chi connectivity index (χ2n) is 5.44. The van der Waals surface area contributed by atoms with Crippen LogP contribution in [0.4, 0.5) is 5.69 Å². The third-order valence-corrected chi connectivity index (χ3v) is 3.41. The maximum atomic E-state index is 12.1. The number of rotatable bonds is 4. The molecule has 0 unspecified atom stereocenters. The first-order valence-corrected chi connectivity index (χ1v) is 7.21. The van der Waals surface area contributed by atoms with Crippen LogP contribution in [-0.4, -0.2) is 53.6 Å². The van der Waals surface area contributed by atoms with E-state index in [1.807, 2.05) is 13.8 Å². The molecule has 0 radical (unpaired) electrons. The van der Waals surface area contributed by atoms with Gasteiger partial charge in [-0.2, -0.15) is 0 Å². The number of carbonyl (C=O) groups excluding carboxylic acids is 2. The van der Waals surface area contributed by atoms with Crippen LogP contribution in [0.15, 0.2) is 24.3 Å². The Kier molecular flexibility index (Phi) is 5.28. The molecule has 0 aromatic heterocycles. The van der Waals surface area contributed by atoms with E-state index in [0.717, 1.165) is 0 Å². The molecule has 1 saturated heterocycles. The summed E-state index contributed by atoms with van der Waals surface area (Å²) in [6, 6.07) is 5.02. The SMILES string of the molecule is C[C@@H]1CN(C(=O)COC(=O)c2ccc([N+](=O)[O-])cc2)C[C@H](C)O1. The molecule has 0 aliphatic carbocycles. The molecule has 1 aromatic carbocycles. The lowest BCUT2D eigenvalue weighted by atomic mass is 10.2. The predicted octanol–water partition coefficient (Wildman–Crippen LogP) is 1.39. The van der Waals surface area contributed by atoms with Crippen molar-refractivity contribution in [2.75, 3.05) is 19.7 Å². The number of morpholine rings is 1. The molecule has 23 heavy (non-hydrogen) atoms. The molecule has 0 saturated carbocycles. The van der Waals surface area contributed by atoms with Crippen LogP contribution in [-0.2, 0) is 14.3 Å². The smallest absolute Gasteiger partial charge is 0.338 e. The number of carbonyl (C=O) groups is 2. The molecular weight excluding hydrogens is 304 g/mol. The second-order valence-corrected chi connectivity index (χ2v) is 5.44. The fourth-order valence-electron chi connectivity index (χ4n) is 2.40. The summed E-state index contributed by atoms with van der Waals surface area (Å²) in [5.74, 6) is -0.982. The molecule has 124 valence electrons. The highest BCUT2D eigenvalue weighted by Gasteiger charge is 2.26. The molecule has 1 amide bonds. The molecule has 2 atom stereocenters. The molecule has 1 aliphatic rings. The third kappa shape index (κ3) is 4.49. The van der Waals surface area contributed by atoms with Crippen LogP contribution in [0.1, 0.15) is 24.2 Å². The number of hydrogen-bond donors (Lipinski definition) is 0. The fourth-order valence-corrected chi connectivity index (χ4v) is 2.40. The van der Waals surface area contributed by atoms with Crippen molar-refractivity contribution in [2.24, 2.45) is 0 Å². The molecule has 8 nitrogen and oxygen atoms in total. The van der Waals surface area contributed by atoms with Crippen molar-refractivity contribution in [3.63, 3.8) is 0 Å². The van der Waals surface area contributed by atoms with Crippen LogP contribution < -0.4 is 0 Å². The van der Waals surface area contributed by atoms with Gasteiger partial charge in [-0.15, -0.1) is 0 Å². The van der Waals surface area contributed by atoms with Gasteiger partial charge < -0.3 is 14.4 Å². The molecule has 0 N–H and O–H groups in total. The van der Waals surface area contributed by atoms with E-state index >= 15 is 0 Å². The summed E-state index contributed by atoms with van der Waals surface area (Å²) in [6.45, 7) is 4.30. The predicted molar refractivity (Wildman–Crippen MR) is 80.0 cm³/mol. The molecule has 0 bridgehead atoms. The van der Waals surface area contributed by atoms with Gasteiger partial charge in [-0.1, -0.05) is 0 Å². The average molecular weight is 322 g/mol. The average Bonchev–Trinajstić information content (AvgIpc) is 2.51. The van der Waals surface area contributed by atoms with Gasteiger partial charge in [0, 0.05) is 25.2 Å². The quantitative estimate of drug-likeness (QED) is 0.472. The van der Waals surface area contributed by atoms with Gasteiger partial charge in [-0.05, 0) is 26.0 Å². The number of hydrogen-bond acceptors (Lipinski definition) is 6. The Morgan fingerprint density at radius 2 is 1.83 bits per heavy atom. The maximum absolute atomic E-state index is 12.1. The van der Waals surface area contributed by atoms with Crippen LogP contribution in [0, 0.1) is 10.1 Å². The number of ether oxygens (including phenoxy) is 2. The number of amides is 1. The van der Waals surface area contributed by atoms with E-state index in [4.69, 9.17) is 9.47 Å². The number of esters is 1. The lowest BCUT2D eigenvalue weighted by Crippen LogP contribution is -2.49. The largest absolute Gasteiger partial charge is 0.452 e. The Hall–Kier alpha value is -2.48. The van der Waals surface area contributed by atoms with Gasteiger partial charge in [0.05, 0.1) is 22.7 Å². The molecule has 8 heteroatoms. The number of non-ortho nitro benzene ring substituents is 1. The number of nitro groups is 1. The van der Waals surface area contributed by atoms with E-state index in [1.165, 1.54) is 24.3 Å². The molecule has 1 aliphatic heterocycles. The van der Waals surface area contributed by atoms with Crippen LogP contribution in [0.2, 0.25) is 0 Å². The first-order chi connectivity index (χ1) is 10.9. The standard InChI is InChI=1S/C15H18N2O6/c1-10-7-16(8-11(2)23-10)14(18)9-22-15(19)12-3-5-13(6-4-12)17(20)21/h3-6,10-11H,7-9H2,1-2H3/t10-,11+. The summed E-state index contributed by atoms with van der Waals surface area (Å²) in [7, 11) is 0. The summed E-state index contributed by atoms with van der Waals surface area (Å²) in [4.78, 5) is 35.5. The fraction of sp³-hybridized carbons (Fsp3) is 0.467. The van der Waals surface area contributed by atoms with Crippen molar-refractivity contribution in [1.82, 2.24) is 4.90 Å². The normalized spacial score (nSPS) is 20.9. The highest BCUT2D eigenvalue weighted by molar-refractivity contribution is 5.91. The summed E-state index contributed by atoms with van der Waals surface area (Å²) in [6.07, 6.45) is -0.124. The van der Waals surface area contributed by atoms with E-state index in [1.54, 1.807) is 4.90 Å². The Morgan fingerprint density at radius 1 is 1.26 bits per heavy atom. The second kappa shape index (κ2) is 7.19. The summed E-state index contributed by atoms with van der Waals surface area (Å²) in [5.41, 5.74) is 0.0426. The summed E-state index contributed by atoms with van der Waals surface area (Å²) < 4.78 is 10.5. The van der Waals surface area contributed by atoms with Gasteiger partial charge in [-0.25, -0.2) is 4.79 Å². The molecule has 1 aromatic rings. The monoisotopic (exact) mass is 322 g/mol. The van der Waals surface area contributed by atoms with Crippen molar-refractivity contribution in [3.05, 3.63) is 39.9 Å². The van der Waals surface area contributed by atoms with Crippen molar-refractivity contribution in [1.29, 1.82) is 0 Å². The van der Waals surface area contributed by atoms with Crippen molar-refractivity contribution >= 4 is 17.6 Å². The molecule has 0 spiro atoms. The van der Waals surface area contributed by atoms with Crippen molar-refractivity contribution in [3.8, 4) is 0 Å². The zero-order valence-corrected chi connectivity index (χ0v) is 12.9. The third-order valence-electron chi connectivity index (χ3n) is 3.41. The topological polar surface area (TPSA) is 99.0 Å². The zero-order valence-electron chi connectivity index (χ0n) is 12.9. The van der Waals surface area contributed by atoms with Gasteiger partial charge in [0.2, 0.25) is 0 Å². The number of benzene rings is 1. The Morgan fingerprint density at radius 3 is 2.35 bits per heavy atom. The van der Waals surface area contributed by atoms with E-state index in [9.17, 15) is 19.7 Å². The van der Waals surface area contributed by atoms with Gasteiger partial charge in [0.1, 0.15) is 0 Å². The van der Waals surface area contributed by atoms with Crippen molar-refractivity contribution in [2.45, 2.75) is 26.1 Å². The first kappa shape index (κ1) is 16.9. The zero-order chi connectivity index (χ0) is 17.0. The molecule has 1 fully saturated rings. The van der Waals surface area contributed by atoms with Crippen LogP contribution in [0.5, 0.6) is 0 Å². The minimum absolute atomic E-state index is 0.0620. The number of nitrogens with zero attached hydrogens (tertiary/aromatic N) is 2. The van der Waals surface area contributed by atoms with Crippen LogP contribution in [0.3, 0.4) is 0 Å². The summed E-state index contributed by atoms with van der Waals surface area (Å²) in [5, 5.41) is 10.6. The molecule has 2 rings (SSSR count). The summed E-state index contributed by atoms with van der Waals surface area (Å²) >= 11 is 0. The van der Waals surface area contributed by atoms with E-state index in [0.29, 0.717) is 13.1 Å². The molecular formula is C15H18N2O6. The van der Waals surface area contributed by atoms with Gasteiger partial charge in [-0.3, -0.25) is 14.9 Å². The first-order valence-electron chi connectivity index (χ1n) is 7.21. The maximum Gasteiger partial charge on any atom is 0.338 e. The van der Waals surface area contributed by atoms with Gasteiger partial charge in [0.25, 0.3) is 11.6 Å². The highest BCUT2D eigenvalue weighted by Crippen LogP contribution is 2.13. The Bertz CT molecular complexity index is 590. The highest BCUT2D eigenvalue weighted by atomic mass is 16.6. The minimum Gasteiger partial charge on any atom is -0.452 e. The van der Waals surface area contributed by atoms with Gasteiger partial charge in [0.15, 0.2) is 6.61 Å². The van der Waals surface area contributed by atoms with Crippen molar-refractivity contribution < 1.29 is 24.0 Å². The van der Waals surface area contributed by atoms with E-state index in [2.05, 4.69) is 0 Å². The van der Waals surface area contributed by atoms with E-state index in [-0.39, 0.29) is 36.0 Å². The van der Waals surface area contributed by atoms with Gasteiger partial charge >= 0.3 is 5.97 Å². The van der Waals surface area contributed by atoms with Crippen LogP contribution in [0.25, 0.3) is 0 Å². The molecule has 1 heterocycles. The van der Waals surface area contributed by atoms with Crippen LogP contribution >= 0.6 is 0 Å². The van der Waals surface area contributed by atoms with E-state index < -0.39 is 10.9 Å². The minimum atomic E-state index is -0.692.